The van der Waals surface area contributed by atoms with Crippen LogP contribution in [0.25, 0.3) is 0 Å². The van der Waals surface area contributed by atoms with Gasteiger partial charge in [0.2, 0.25) is 0 Å². The molecule has 0 aromatic rings. The number of hydrogen-bond acceptors (Lipinski definition) is 0. The van der Waals surface area contributed by atoms with Crippen molar-refractivity contribution in [1.29, 1.82) is 0 Å². The zero-order chi connectivity index (χ0) is 11.0. The van der Waals surface area contributed by atoms with Gasteiger partial charge in [0, 0.05) is 0 Å². The first kappa shape index (κ1) is 14.0. The predicted octanol–water partition coefficient (Wildman–Crippen LogP) is 5.42. The van der Waals surface area contributed by atoms with Gasteiger partial charge in [-0.05, 0) is 24.2 Å². The lowest BCUT2D eigenvalue weighted by Crippen LogP contribution is -2.09. The van der Waals surface area contributed by atoms with Gasteiger partial charge in [0.15, 0.2) is 0 Å². The van der Waals surface area contributed by atoms with E-state index in [1.54, 1.807) is 0 Å². The van der Waals surface area contributed by atoms with Crippen molar-refractivity contribution in [3.8, 4) is 0 Å². The molecule has 0 saturated heterocycles. The van der Waals surface area contributed by atoms with Crippen LogP contribution in [0, 0.1) is 11.3 Å². The highest BCUT2D eigenvalue weighted by molar-refractivity contribution is 4.66. The van der Waals surface area contributed by atoms with E-state index in [0.29, 0.717) is 5.41 Å². The summed E-state index contributed by atoms with van der Waals surface area (Å²) in [6, 6.07) is 0. The molecule has 0 aliphatic heterocycles. The van der Waals surface area contributed by atoms with Crippen LogP contribution in [0.15, 0.2) is 0 Å². The Morgan fingerprint density at radius 1 is 0.929 bits per heavy atom. The van der Waals surface area contributed by atoms with Gasteiger partial charge in [-0.2, -0.15) is 0 Å². The molecule has 0 amide bonds. The lowest BCUT2D eigenvalue weighted by atomic mass is 9.84. The number of unbranched alkanes of at least 4 members (excludes halogenated alkanes) is 2. The molecule has 1 atom stereocenters. The highest BCUT2D eigenvalue weighted by Gasteiger charge is 2.13. The molecule has 14 heavy (non-hydrogen) atoms. The van der Waals surface area contributed by atoms with Gasteiger partial charge < -0.3 is 0 Å². The van der Waals surface area contributed by atoms with Crippen LogP contribution < -0.4 is 0 Å². The van der Waals surface area contributed by atoms with E-state index in [-0.39, 0.29) is 0 Å². The molecule has 0 radical (unpaired) electrons. The van der Waals surface area contributed by atoms with E-state index in [1.807, 2.05) is 0 Å². The molecular formula is C14H30. The summed E-state index contributed by atoms with van der Waals surface area (Å²) in [6.07, 6.45) is 9.88. The fraction of sp³-hybridized carbons (Fsp3) is 1.00. The lowest BCUT2D eigenvalue weighted by Gasteiger charge is -2.22. The second kappa shape index (κ2) is 7.31. The molecule has 0 rings (SSSR count). The van der Waals surface area contributed by atoms with Gasteiger partial charge in [-0.15, -0.1) is 0 Å². The van der Waals surface area contributed by atoms with Gasteiger partial charge in [0.1, 0.15) is 0 Å². The quantitative estimate of drug-likeness (QED) is 0.479. The fourth-order valence-electron chi connectivity index (χ4n) is 1.87. The Morgan fingerprint density at radius 3 is 2.00 bits per heavy atom. The zero-order valence-electron chi connectivity index (χ0n) is 11.0. The standard InChI is InChI=1S/C14H30/c1-6-8-9-10-13(7-2)11-12-14(3,4)5/h13H,6-12H2,1-5H3/t13-/m0/s1. The van der Waals surface area contributed by atoms with Gasteiger partial charge >= 0.3 is 0 Å². The molecular weight excluding hydrogens is 168 g/mol. The second-order valence-electron chi connectivity index (χ2n) is 5.87. The van der Waals surface area contributed by atoms with Crippen molar-refractivity contribution < 1.29 is 0 Å². The van der Waals surface area contributed by atoms with Crippen molar-refractivity contribution in [2.75, 3.05) is 0 Å². The summed E-state index contributed by atoms with van der Waals surface area (Å²) in [5.41, 5.74) is 0.526. The molecule has 0 nitrogen and oxygen atoms in total. The molecule has 0 aromatic heterocycles. The van der Waals surface area contributed by atoms with Crippen molar-refractivity contribution in [2.24, 2.45) is 11.3 Å². The maximum Gasteiger partial charge on any atom is -0.0383 e. The third-order valence-corrected chi connectivity index (χ3v) is 3.10. The summed E-state index contributed by atoms with van der Waals surface area (Å²) < 4.78 is 0. The Hall–Kier alpha value is 0. The molecule has 0 heterocycles. The summed E-state index contributed by atoms with van der Waals surface area (Å²) >= 11 is 0. The fourth-order valence-corrected chi connectivity index (χ4v) is 1.87. The van der Waals surface area contributed by atoms with Crippen LogP contribution in [0.2, 0.25) is 0 Å². The largest absolute Gasteiger partial charge is 0.0654 e. The first-order valence-electron chi connectivity index (χ1n) is 6.49. The normalized spacial score (nSPS) is 14.4. The highest BCUT2D eigenvalue weighted by atomic mass is 14.2. The summed E-state index contributed by atoms with van der Waals surface area (Å²) in [5.74, 6) is 0.987. The summed E-state index contributed by atoms with van der Waals surface area (Å²) in [7, 11) is 0. The van der Waals surface area contributed by atoms with E-state index in [9.17, 15) is 0 Å². The SMILES string of the molecule is CCCCC[C@H](CC)CCC(C)(C)C. The van der Waals surface area contributed by atoms with E-state index in [2.05, 4.69) is 34.6 Å². The summed E-state index contributed by atoms with van der Waals surface area (Å²) in [6.45, 7) is 11.7. The maximum absolute atomic E-state index is 2.35. The third kappa shape index (κ3) is 8.59. The maximum atomic E-state index is 2.35. The van der Waals surface area contributed by atoms with E-state index in [0.717, 1.165) is 5.92 Å². The van der Waals surface area contributed by atoms with Crippen LogP contribution in [-0.4, -0.2) is 0 Å². The van der Waals surface area contributed by atoms with Crippen molar-refractivity contribution >= 4 is 0 Å². The molecule has 0 unspecified atom stereocenters. The van der Waals surface area contributed by atoms with Crippen molar-refractivity contribution in [3.63, 3.8) is 0 Å². The van der Waals surface area contributed by atoms with Crippen LogP contribution >= 0.6 is 0 Å². The van der Waals surface area contributed by atoms with Gasteiger partial charge in [0.25, 0.3) is 0 Å². The molecule has 0 aliphatic carbocycles. The Kier molecular flexibility index (Phi) is 7.31. The smallest absolute Gasteiger partial charge is 0.0383 e. The van der Waals surface area contributed by atoms with Crippen LogP contribution in [0.4, 0.5) is 0 Å². The monoisotopic (exact) mass is 198 g/mol. The number of hydrogen-bond donors (Lipinski definition) is 0. The van der Waals surface area contributed by atoms with Crippen LogP contribution in [0.5, 0.6) is 0 Å². The Balaban J connectivity index is 3.58. The highest BCUT2D eigenvalue weighted by Crippen LogP contribution is 2.27. The van der Waals surface area contributed by atoms with Crippen LogP contribution in [0.3, 0.4) is 0 Å². The van der Waals surface area contributed by atoms with Gasteiger partial charge in [-0.1, -0.05) is 66.7 Å². The molecule has 0 bridgehead atoms. The van der Waals surface area contributed by atoms with Crippen LogP contribution in [0.1, 0.15) is 79.6 Å². The molecule has 0 spiro atoms. The third-order valence-electron chi connectivity index (χ3n) is 3.10. The van der Waals surface area contributed by atoms with Gasteiger partial charge in [-0.3, -0.25) is 0 Å². The first-order chi connectivity index (χ1) is 6.49. The summed E-state index contributed by atoms with van der Waals surface area (Å²) in [5, 5.41) is 0. The molecule has 0 fully saturated rings. The topological polar surface area (TPSA) is 0 Å². The Morgan fingerprint density at radius 2 is 1.57 bits per heavy atom. The molecule has 0 saturated carbocycles. The Bertz CT molecular complexity index is 118. The van der Waals surface area contributed by atoms with Crippen LogP contribution in [-0.2, 0) is 0 Å². The predicted molar refractivity (Wildman–Crippen MR) is 66.6 cm³/mol. The molecule has 0 aliphatic rings. The lowest BCUT2D eigenvalue weighted by molar-refractivity contribution is 0.304. The molecule has 86 valence electrons. The second-order valence-corrected chi connectivity index (χ2v) is 5.87. The minimum atomic E-state index is 0.526. The first-order valence-corrected chi connectivity index (χ1v) is 6.49. The van der Waals surface area contributed by atoms with Crippen molar-refractivity contribution in [3.05, 3.63) is 0 Å². The average Bonchev–Trinajstić information content (AvgIpc) is 2.09. The van der Waals surface area contributed by atoms with Gasteiger partial charge in [0.05, 0.1) is 0 Å². The minimum absolute atomic E-state index is 0.526. The minimum Gasteiger partial charge on any atom is -0.0654 e. The number of rotatable bonds is 7. The van der Waals surface area contributed by atoms with E-state index in [4.69, 9.17) is 0 Å². The summed E-state index contributed by atoms with van der Waals surface area (Å²) in [4.78, 5) is 0. The van der Waals surface area contributed by atoms with E-state index < -0.39 is 0 Å². The average molecular weight is 198 g/mol. The van der Waals surface area contributed by atoms with Crippen molar-refractivity contribution in [1.82, 2.24) is 0 Å². The van der Waals surface area contributed by atoms with Crippen molar-refractivity contribution in [2.45, 2.75) is 79.6 Å². The molecule has 0 N–H and O–H groups in total. The van der Waals surface area contributed by atoms with E-state index >= 15 is 0 Å². The Labute approximate surface area is 91.5 Å². The molecule has 0 heteroatoms. The van der Waals surface area contributed by atoms with E-state index in [1.165, 1.54) is 44.9 Å². The zero-order valence-corrected chi connectivity index (χ0v) is 11.0. The molecule has 0 aromatic carbocycles. The van der Waals surface area contributed by atoms with Gasteiger partial charge in [-0.25, -0.2) is 0 Å².